The van der Waals surface area contributed by atoms with E-state index >= 15 is 0 Å². The fourth-order valence-electron chi connectivity index (χ4n) is 5.27. The molecule has 0 amide bonds. The number of carbonyl (C=O) groups excluding carboxylic acids is 1. The number of aliphatic hydroxyl groups is 1. The van der Waals surface area contributed by atoms with E-state index in [2.05, 4.69) is 33.8 Å². The second-order valence-corrected chi connectivity index (χ2v) is 8.15. The summed E-state index contributed by atoms with van der Waals surface area (Å²) in [6.45, 7) is 9.35. The molecule has 2 aliphatic rings. The quantitative estimate of drug-likeness (QED) is 0.455. The van der Waals surface area contributed by atoms with Crippen LogP contribution in [0.1, 0.15) is 66.2 Å². The predicted molar refractivity (Wildman–Crippen MR) is 91.6 cm³/mol. The summed E-state index contributed by atoms with van der Waals surface area (Å²) in [6.07, 6.45) is 11.9. The van der Waals surface area contributed by atoms with Crippen molar-refractivity contribution in [1.82, 2.24) is 0 Å². The standard InChI is InChI=1S/C20H32O2/c1-15(10-13-21)6-8-17-16(2)7-9-18-19(3,14-22)11-5-12-20(17,18)4/h7,10,13,17-18,22H,5-6,8-9,11-12,14H2,1-4H3/b15-10-. The highest BCUT2D eigenvalue weighted by atomic mass is 16.3. The lowest BCUT2D eigenvalue weighted by atomic mass is 9.48. The van der Waals surface area contributed by atoms with E-state index in [1.165, 1.54) is 24.0 Å². The molecule has 124 valence electrons. The molecule has 1 fully saturated rings. The van der Waals surface area contributed by atoms with Gasteiger partial charge in [-0.3, -0.25) is 4.79 Å². The monoisotopic (exact) mass is 304 g/mol. The molecule has 1 N–H and O–H groups in total. The topological polar surface area (TPSA) is 37.3 Å². The van der Waals surface area contributed by atoms with Crippen molar-refractivity contribution >= 4 is 6.29 Å². The fourth-order valence-corrected chi connectivity index (χ4v) is 5.27. The Kier molecular flexibility index (Phi) is 5.32. The maximum absolute atomic E-state index is 10.6. The van der Waals surface area contributed by atoms with Gasteiger partial charge in [0.05, 0.1) is 0 Å². The molecule has 0 aromatic heterocycles. The summed E-state index contributed by atoms with van der Waals surface area (Å²) in [5, 5.41) is 9.98. The molecule has 0 spiro atoms. The minimum atomic E-state index is 0.0656. The second-order valence-electron chi connectivity index (χ2n) is 8.15. The van der Waals surface area contributed by atoms with Gasteiger partial charge in [0.2, 0.25) is 0 Å². The third kappa shape index (κ3) is 3.08. The van der Waals surface area contributed by atoms with Crippen molar-refractivity contribution in [3.8, 4) is 0 Å². The molecule has 0 aromatic rings. The number of aliphatic hydroxyl groups excluding tert-OH is 1. The summed E-state index contributed by atoms with van der Waals surface area (Å²) in [5.41, 5.74) is 3.04. The van der Waals surface area contributed by atoms with Gasteiger partial charge in [-0.25, -0.2) is 0 Å². The van der Waals surface area contributed by atoms with Crippen LogP contribution in [0.3, 0.4) is 0 Å². The SMILES string of the molecule is CC1=CCC2C(C)(CO)CCCC2(C)C1CC/C(C)=C\C=O. The van der Waals surface area contributed by atoms with Gasteiger partial charge in [0.15, 0.2) is 0 Å². The summed E-state index contributed by atoms with van der Waals surface area (Å²) in [7, 11) is 0. The Morgan fingerprint density at radius 3 is 2.77 bits per heavy atom. The number of allylic oxidation sites excluding steroid dienone is 4. The van der Waals surface area contributed by atoms with Crippen molar-refractivity contribution in [3.05, 3.63) is 23.3 Å². The molecule has 0 aromatic carbocycles. The van der Waals surface area contributed by atoms with Crippen LogP contribution >= 0.6 is 0 Å². The van der Waals surface area contributed by atoms with Crippen molar-refractivity contribution in [2.45, 2.75) is 66.2 Å². The maximum Gasteiger partial charge on any atom is 0.142 e. The van der Waals surface area contributed by atoms with Gasteiger partial charge < -0.3 is 5.11 Å². The maximum atomic E-state index is 10.6. The minimum Gasteiger partial charge on any atom is -0.396 e. The minimum absolute atomic E-state index is 0.0656. The predicted octanol–water partition coefficient (Wildman–Crippen LogP) is 4.68. The van der Waals surface area contributed by atoms with E-state index in [1.54, 1.807) is 6.08 Å². The van der Waals surface area contributed by atoms with Crippen LogP contribution in [0.4, 0.5) is 0 Å². The molecule has 0 heterocycles. The highest BCUT2D eigenvalue weighted by Gasteiger charge is 2.52. The van der Waals surface area contributed by atoms with E-state index in [1.807, 2.05) is 0 Å². The van der Waals surface area contributed by atoms with E-state index < -0.39 is 0 Å². The van der Waals surface area contributed by atoms with Gasteiger partial charge >= 0.3 is 0 Å². The summed E-state index contributed by atoms with van der Waals surface area (Å²) in [6, 6.07) is 0. The highest BCUT2D eigenvalue weighted by Crippen LogP contribution is 2.60. The number of rotatable bonds is 5. The molecule has 2 aliphatic carbocycles. The Morgan fingerprint density at radius 1 is 1.41 bits per heavy atom. The zero-order valence-corrected chi connectivity index (χ0v) is 14.7. The van der Waals surface area contributed by atoms with Crippen LogP contribution in [-0.2, 0) is 4.79 Å². The van der Waals surface area contributed by atoms with Gasteiger partial charge in [-0.05, 0) is 74.7 Å². The van der Waals surface area contributed by atoms with Crippen LogP contribution in [-0.4, -0.2) is 18.0 Å². The van der Waals surface area contributed by atoms with Crippen molar-refractivity contribution in [2.75, 3.05) is 6.61 Å². The molecule has 0 saturated heterocycles. The Morgan fingerprint density at radius 2 is 2.14 bits per heavy atom. The van der Waals surface area contributed by atoms with Gasteiger partial charge in [0, 0.05) is 6.61 Å². The number of hydrogen-bond acceptors (Lipinski definition) is 2. The smallest absolute Gasteiger partial charge is 0.142 e. The fraction of sp³-hybridized carbons (Fsp3) is 0.750. The van der Waals surface area contributed by atoms with Crippen molar-refractivity contribution in [3.63, 3.8) is 0 Å². The van der Waals surface area contributed by atoms with E-state index in [9.17, 15) is 9.90 Å². The average molecular weight is 304 g/mol. The van der Waals surface area contributed by atoms with Crippen LogP contribution in [0.15, 0.2) is 23.3 Å². The molecule has 4 atom stereocenters. The Labute approximate surface area is 135 Å². The van der Waals surface area contributed by atoms with Crippen molar-refractivity contribution < 1.29 is 9.90 Å². The number of hydrogen-bond donors (Lipinski definition) is 1. The molecule has 4 unspecified atom stereocenters. The number of aldehydes is 1. The van der Waals surface area contributed by atoms with Crippen LogP contribution < -0.4 is 0 Å². The number of carbonyl (C=O) groups is 1. The molecule has 0 radical (unpaired) electrons. The normalized spacial score (nSPS) is 39.1. The Balaban J connectivity index is 2.25. The molecule has 0 aliphatic heterocycles. The van der Waals surface area contributed by atoms with Crippen LogP contribution in [0, 0.1) is 22.7 Å². The molecule has 22 heavy (non-hydrogen) atoms. The largest absolute Gasteiger partial charge is 0.396 e. The summed E-state index contributed by atoms with van der Waals surface area (Å²) < 4.78 is 0. The zero-order valence-electron chi connectivity index (χ0n) is 14.7. The third-order valence-electron chi connectivity index (χ3n) is 6.66. The van der Waals surface area contributed by atoms with Gasteiger partial charge in [-0.1, -0.05) is 37.5 Å². The van der Waals surface area contributed by atoms with Crippen LogP contribution in [0.2, 0.25) is 0 Å². The molecule has 1 saturated carbocycles. The first-order chi connectivity index (χ1) is 10.4. The lowest BCUT2D eigenvalue weighted by Crippen LogP contribution is -2.50. The molecular formula is C20H32O2. The van der Waals surface area contributed by atoms with Crippen molar-refractivity contribution in [1.29, 1.82) is 0 Å². The van der Waals surface area contributed by atoms with Gasteiger partial charge in [-0.2, -0.15) is 0 Å². The Hall–Kier alpha value is -0.890. The first kappa shape index (κ1) is 17.5. The first-order valence-electron chi connectivity index (χ1n) is 8.76. The molecular weight excluding hydrogens is 272 g/mol. The Bertz CT molecular complexity index is 476. The van der Waals surface area contributed by atoms with Gasteiger partial charge in [0.25, 0.3) is 0 Å². The van der Waals surface area contributed by atoms with Crippen LogP contribution in [0.5, 0.6) is 0 Å². The molecule has 0 bridgehead atoms. The summed E-state index contributed by atoms with van der Waals surface area (Å²) in [5.74, 6) is 1.15. The van der Waals surface area contributed by atoms with E-state index in [0.717, 1.165) is 32.0 Å². The van der Waals surface area contributed by atoms with Crippen molar-refractivity contribution in [2.24, 2.45) is 22.7 Å². The zero-order chi connectivity index (χ0) is 16.4. The van der Waals surface area contributed by atoms with Gasteiger partial charge in [0.1, 0.15) is 6.29 Å². The molecule has 2 rings (SSSR count). The lowest BCUT2D eigenvalue weighted by molar-refractivity contribution is -0.104. The molecule has 2 nitrogen and oxygen atoms in total. The summed E-state index contributed by atoms with van der Waals surface area (Å²) in [4.78, 5) is 10.6. The molecule has 2 heteroatoms. The van der Waals surface area contributed by atoms with Crippen LogP contribution in [0.25, 0.3) is 0 Å². The van der Waals surface area contributed by atoms with E-state index in [-0.39, 0.29) is 10.8 Å². The third-order valence-corrected chi connectivity index (χ3v) is 6.66. The van der Waals surface area contributed by atoms with E-state index in [4.69, 9.17) is 0 Å². The number of fused-ring (bicyclic) bond motifs is 1. The second kappa shape index (κ2) is 6.70. The van der Waals surface area contributed by atoms with E-state index in [0.29, 0.717) is 18.4 Å². The lowest BCUT2D eigenvalue weighted by Gasteiger charge is -2.57. The first-order valence-corrected chi connectivity index (χ1v) is 8.76. The van der Waals surface area contributed by atoms with Gasteiger partial charge in [-0.15, -0.1) is 0 Å². The highest BCUT2D eigenvalue weighted by molar-refractivity contribution is 5.65. The summed E-state index contributed by atoms with van der Waals surface area (Å²) >= 11 is 0. The average Bonchev–Trinajstić information content (AvgIpc) is 2.46.